The fraction of sp³-hybridized carbons (Fsp3) is 0.296. The number of aromatic nitrogens is 2. The Morgan fingerprint density at radius 1 is 1.16 bits per heavy atom. The van der Waals surface area contributed by atoms with Gasteiger partial charge in [0.05, 0.1) is 0 Å². The number of benzene rings is 1. The van der Waals surface area contributed by atoms with Crippen LogP contribution in [-0.4, -0.2) is 33.5 Å². The van der Waals surface area contributed by atoms with E-state index >= 15 is 0 Å². The van der Waals surface area contributed by atoms with Crippen LogP contribution >= 0.6 is 0 Å². The first-order valence-electron chi connectivity index (χ1n) is 11.9. The highest BCUT2D eigenvalue weighted by Crippen LogP contribution is 2.18. The fourth-order valence-corrected chi connectivity index (χ4v) is 3.87. The predicted molar refractivity (Wildman–Crippen MR) is 139 cm³/mol. The summed E-state index contributed by atoms with van der Waals surface area (Å²) in [5.41, 5.74) is 6.20. The predicted octanol–water partition coefficient (Wildman–Crippen LogP) is 2.82. The van der Waals surface area contributed by atoms with E-state index in [1.165, 1.54) is 16.8 Å². The summed E-state index contributed by atoms with van der Waals surface area (Å²) in [4.78, 5) is 51.1. The van der Waals surface area contributed by atoms with Gasteiger partial charge in [0.15, 0.2) is 5.69 Å². The van der Waals surface area contributed by atoms with Crippen molar-refractivity contribution >= 4 is 23.4 Å². The Labute approximate surface area is 214 Å². The number of amides is 3. The summed E-state index contributed by atoms with van der Waals surface area (Å²) in [7, 11) is 0. The van der Waals surface area contributed by atoms with Crippen molar-refractivity contribution < 1.29 is 18.9 Å². The lowest BCUT2D eigenvalue weighted by atomic mass is 10.0. The summed E-state index contributed by atoms with van der Waals surface area (Å²) in [6.07, 6.45) is 5.73. The highest BCUT2D eigenvalue weighted by molar-refractivity contribution is 6.03. The number of hydrogen-bond donors (Lipinski definition) is 3. The van der Waals surface area contributed by atoms with E-state index in [1.54, 1.807) is 39.0 Å². The van der Waals surface area contributed by atoms with Crippen LogP contribution in [0.3, 0.4) is 0 Å². The standard InChI is InChI=1S/C27H31N5O5/c1-4-8-20(11-12-23(28)33)29-26(35)22(16-19-9-6-5-7-10-19)32-14-13-17(2)24(27(32)36)30-25(34)21-15-18(3)37-31-21/h4-10,13-15,20,22H,11-12,16H2,1-3H3,(H2,28,33)(H,29,35)(H,30,34)/b8-4+/t20-,22+/m1/s1. The van der Waals surface area contributed by atoms with Crippen LogP contribution < -0.4 is 21.9 Å². The molecule has 0 spiro atoms. The first-order valence-corrected chi connectivity index (χ1v) is 11.9. The van der Waals surface area contributed by atoms with Gasteiger partial charge in [0.1, 0.15) is 17.5 Å². The number of nitrogens with two attached hydrogens (primary N) is 1. The van der Waals surface area contributed by atoms with Gasteiger partial charge in [-0.2, -0.15) is 0 Å². The molecule has 0 aliphatic rings. The number of primary amides is 1. The number of nitrogens with one attached hydrogen (secondary N) is 2. The summed E-state index contributed by atoms with van der Waals surface area (Å²) in [6, 6.07) is 11.0. The number of anilines is 1. The van der Waals surface area contributed by atoms with Crippen LogP contribution in [0.15, 0.2) is 70.1 Å². The number of carbonyl (C=O) groups excluding carboxylic acids is 3. The number of allylic oxidation sites excluding steroid dienone is 1. The molecule has 2 atom stereocenters. The molecule has 194 valence electrons. The molecule has 4 N–H and O–H groups in total. The maximum absolute atomic E-state index is 13.6. The van der Waals surface area contributed by atoms with E-state index in [-0.39, 0.29) is 24.2 Å². The van der Waals surface area contributed by atoms with Crippen LogP contribution in [0.5, 0.6) is 0 Å². The molecule has 1 aromatic carbocycles. The average molecular weight is 506 g/mol. The number of pyridine rings is 1. The van der Waals surface area contributed by atoms with E-state index < -0.39 is 35.4 Å². The summed E-state index contributed by atoms with van der Waals surface area (Å²) in [5, 5.41) is 9.22. The average Bonchev–Trinajstić information content (AvgIpc) is 3.31. The minimum Gasteiger partial charge on any atom is -0.370 e. The first-order chi connectivity index (χ1) is 17.7. The molecule has 2 aromatic heterocycles. The molecule has 0 unspecified atom stereocenters. The third-order valence-electron chi connectivity index (χ3n) is 5.79. The number of aryl methyl sites for hydroxylation is 2. The summed E-state index contributed by atoms with van der Waals surface area (Å²) < 4.78 is 6.26. The van der Waals surface area contributed by atoms with Gasteiger partial charge in [0.2, 0.25) is 11.8 Å². The summed E-state index contributed by atoms with van der Waals surface area (Å²) in [5.74, 6) is -1.02. The number of hydrogen-bond acceptors (Lipinski definition) is 6. The summed E-state index contributed by atoms with van der Waals surface area (Å²) >= 11 is 0. The smallest absolute Gasteiger partial charge is 0.278 e. The minimum absolute atomic E-state index is 0.0360. The van der Waals surface area contributed by atoms with Crippen molar-refractivity contribution in [1.82, 2.24) is 15.0 Å². The fourth-order valence-electron chi connectivity index (χ4n) is 3.87. The van der Waals surface area contributed by atoms with Crippen molar-refractivity contribution in [2.45, 2.75) is 52.1 Å². The van der Waals surface area contributed by atoms with Crippen molar-refractivity contribution in [2.75, 3.05) is 5.32 Å². The molecule has 0 bridgehead atoms. The van der Waals surface area contributed by atoms with Gasteiger partial charge in [-0.15, -0.1) is 0 Å². The van der Waals surface area contributed by atoms with Crippen LogP contribution in [0.25, 0.3) is 0 Å². The van der Waals surface area contributed by atoms with Gasteiger partial charge in [0.25, 0.3) is 11.5 Å². The molecule has 0 aliphatic carbocycles. The maximum Gasteiger partial charge on any atom is 0.278 e. The molecule has 0 saturated heterocycles. The molecule has 0 saturated carbocycles. The van der Waals surface area contributed by atoms with E-state index in [9.17, 15) is 19.2 Å². The lowest BCUT2D eigenvalue weighted by Crippen LogP contribution is -2.43. The van der Waals surface area contributed by atoms with Crippen molar-refractivity contribution in [3.63, 3.8) is 0 Å². The molecular weight excluding hydrogens is 474 g/mol. The topological polar surface area (TPSA) is 149 Å². The Morgan fingerprint density at radius 3 is 2.51 bits per heavy atom. The molecule has 10 nitrogen and oxygen atoms in total. The lowest BCUT2D eigenvalue weighted by Gasteiger charge is -2.24. The lowest BCUT2D eigenvalue weighted by molar-refractivity contribution is -0.125. The van der Waals surface area contributed by atoms with Gasteiger partial charge in [-0.1, -0.05) is 47.6 Å². The second kappa shape index (κ2) is 12.5. The van der Waals surface area contributed by atoms with Crippen LogP contribution in [0.2, 0.25) is 0 Å². The third kappa shape index (κ3) is 7.26. The van der Waals surface area contributed by atoms with Gasteiger partial charge >= 0.3 is 0 Å². The van der Waals surface area contributed by atoms with E-state index in [4.69, 9.17) is 10.3 Å². The normalized spacial score (nSPS) is 12.7. The molecule has 3 amide bonds. The van der Waals surface area contributed by atoms with Crippen LogP contribution in [0, 0.1) is 13.8 Å². The third-order valence-corrected chi connectivity index (χ3v) is 5.79. The molecule has 2 heterocycles. The Morgan fingerprint density at radius 2 is 1.89 bits per heavy atom. The molecule has 0 radical (unpaired) electrons. The molecule has 37 heavy (non-hydrogen) atoms. The largest absolute Gasteiger partial charge is 0.370 e. The number of nitrogens with zero attached hydrogens (tertiary/aromatic N) is 2. The zero-order valence-corrected chi connectivity index (χ0v) is 21.1. The quantitative estimate of drug-likeness (QED) is 0.341. The zero-order valence-electron chi connectivity index (χ0n) is 21.1. The van der Waals surface area contributed by atoms with Crippen LogP contribution in [0.1, 0.15) is 53.2 Å². The Balaban J connectivity index is 1.97. The second-order valence-electron chi connectivity index (χ2n) is 8.71. The van der Waals surface area contributed by atoms with Crippen molar-refractivity contribution in [1.29, 1.82) is 0 Å². The van der Waals surface area contributed by atoms with E-state index in [0.29, 0.717) is 17.7 Å². The zero-order chi connectivity index (χ0) is 26.9. The molecular formula is C27H31N5O5. The number of carbonyl (C=O) groups is 3. The number of rotatable bonds is 11. The Hall–Kier alpha value is -4.47. The highest BCUT2D eigenvalue weighted by atomic mass is 16.5. The van der Waals surface area contributed by atoms with Crippen LogP contribution in [-0.2, 0) is 16.0 Å². The minimum atomic E-state index is -0.929. The maximum atomic E-state index is 13.6. The monoisotopic (exact) mass is 505 g/mol. The van der Waals surface area contributed by atoms with Gasteiger partial charge in [-0.3, -0.25) is 19.2 Å². The van der Waals surface area contributed by atoms with Gasteiger partial charge in [0, 0.05) is 31.1 Å². The van der Waals surface area contributed by atoms with Crippen molar-refractivity contribution in [3.8, 4) is 0 Å². The van der Waals surface area contributed by atoms with Crippen LogP contribution in [0.4, 0.5) is 5.69 Å². The summed E-state index contributed by atoms with van der Waals surface area (Å²) in [6.45, 7) is 5.15. The van der Waals surface area contributed by atoms with Gasteiger partial charge in [-0.25, -0.2) is 0 Å². The first kappa shape index (κ1) is 27.1. The highest BCUT2D eigenvalue weighted by Gasteiger charge is 2.26. The van der Waals surface area contributed by atoms with Gasteiger partial charge in [-0.05, 0) is 44.4 Å². The SMILES string of the molecule is C/C=C/[C@H](CCC(N)=O)NC(=O)[C@H](Cc1ccccc1)n1ccc(C)c(NC(=O)c2cc(C)on2)c1=O. The second-order valence-corrected chi connectivity index (χ2v) is 8.71. The molecule has 0 aliphatic heterocycles. The molecule has 3 rings (SSSR count). The molecule has 3 aromatic rings. The Kier molecular flexibility index (Phi) is 9.15. The molecule has 10 heteroatoms. The van der Waals surface area contributed by atoms with Crippen molar-refractivity contribution in [2.24, 2.45) is 5.73 Å². The van der Waals surface area contributed by atoms with E-state index in [0.717, 1.165) is 5.56 Å². The Bertz CT molecular complexity index is 1340. The van der Waals surface area contributed by atoms with E-state index in [1.807, 2.05) is 30.3 Å². The van der Waals surface area contributed by atoms with Gasteiger partial charge < -0.3 is 25.5 Å². The van der Waals surface area contributed by atoms with E-state index in [2.05, 4.69) is 15.8 Å². The van der Waals surface area contributed by atoms with Crippen molar-refractivity contribution in [3.05, 3.63) is 93.7 Å². The molecule has 0 fully saturated rings.